The summed E-state index contributed by atoms with van der Waals surface area (Å²) in [7, 11) is 3.91. The van der Waals surface area contributed by atoms with Gasteiger partial charge in [-0.15, -0.1) is 0 Å². The lowest BCUT2D eigenvalue weighted by molar-refractivity contribution is -0.136. The Kier molecular flexibility index (Phi) is 11.4. The first-order chi connectivity index (χ1) is 30.4. The molecule has 4 aliphatic rings. The first kappa shape index (κ1) is 43.6. The van der Waals surface area contributed by atoms with Crippen molar-refractivity contribution in [2.75, 3.05) is 54.9 Å². The fourth-order valence-electron chi connectivity index (χ4n) is 10.8. The topological polar surface area (TPSA) is 169 Å². The quantitative estimate of drug-likeness (QED) is 0.171. The molecule has 7 heterocycles. The fourth-order valence-corrected chi connectivity index (χ4v) is 10.8. The van der Waals surface area contributed by atoms with Gasteiger partial charge in [-0.05, 0) is 104 Å². The Balaban J connectivity index is 0.806. The summed E-state index contributed by atoms with van der Waals surface area (Å²) < 4.78 is 41.3. The van der Waals surface area contributed by atoms with Gasteiger partial charge in [-0.2, -0.15) is 10.2 Å². The molecule has 64 heavy (non-hydrogen) atoms. The van der Waals surface area contributed by atoms with Crippen molar-refractivity contribution in [2.24, 2.45) is 13.0 Å². The summed E-state index contributed by atoms with van der Waals surface area (Å²) in [6.45, 7) is 11.9. The third-order valence-corrected chi connectivity index (χ3v) is 13.6. The Morgan fingerprint density at radius 1 is 0.984 bits per heavy atom. The largest absolute Gasteiger partial charge is 0.370 e. The van der Waals surface area contributed by atoms with Crippen molar-refractivity contribution in [3.63, 3.8) is 0 Å². The van der Waals surface area contributed by atoms with Crippen LogP contribution in [0.1, 0.15) is 114 Å². The van der Waals surface area contributed by atoms with E-state index in [1.165, 1.54) is 21.5 Å². The maximum absolute atomic E-state index is 14.4. The maximum atomic E-state index is 14.4. The normalized spacial score (nSPS) is 23.1. The third kappa shape index (κ3) is 8.39. The molecule has 17 nitrogen and oxygen atoms in total. The van der Waals surface area contributed by atoms with Gasteiger partial charge in [0.15, 0.2) is 11.3 Å². The number of aromatic nitrogens is 7. The zero-order valence-electron chi connectivity index (χ0n) is 37.4. The van der Waals surface area contributed by atoms with Gasteiger partial charge in [0, 0.05) is 64.6 Å². The Morgan fingerprint density at radius 2 is 1.70 bits per heavy atom. The Labute approximate surface area is 369 Å². The van der Waals surface area contributed by atoms with E-state index in [9.17, 15) is 28.0 Å². The predicted molar refractivity (Wildman–Crippen MR) is 237 cm³/mol. The van der Waals surface area contributed by atoms with E-state index in [1.807, 2.05) is 52.0 Å². The molecule has 1 unspecified atom stereocenters. The molecule has 1 saturated carbocycles. The number of aryl methyl sites for hydroxylation is 1. The monoisotopic (exact) mass is 884 g/mol. The molecule has 0 spiro atoms. The van der Waals surface area contributed by atoms with Crippen LogP contribution in [0, 0.1) is 5.92 Å². The van der Waals surface area contributed by atoms with E-state index in [0.29, 0.717) is 42.0 Å². The summed E-state index contributed by atoms with van der Waals surface area (Å²) in [5.74, 6) is -0.242. The standard InChI is InChI=1S/C45H58F2N12O5/c1-44(2)25-56(26-45(3,4)64-44)35-18-21-57-40(50-35)30(22-48-57)41(61)49-31-24-58(52-37(31)39(46)47)29-12-10-27(11-13-29)23-53(5)28-16-19-55(20-17-28)32-8-7-9-33-38(32)54(6)43(63)59(33)34-14-15-36(60)51-42(34)62/h7-9,18,21-22,24,27-29,34,39H,10-17,19-20,23,25-26H2,1-6H3,(H,49,61)(H,51,60,62)/t27-,29-,34?. The van der Waals surface area contributed by atoms with E-state index >= 15 is 0 Å². The second-order valence-corrected chi connectivity index (χ2v) is 19.4. The van der Waals surface area contributed by atoms with Crippen LogP contribution < -0.4 is 26.1 Å². The van der Waals surface area contributed by atoms with Crippen LogP contribution in [0.2, 0.25) is 0 Å². The number of hydrogen-bond donors (Lipinski definition) is 2. The van der Waals surface area contributed by atoms with E-state index < -0.39 is 41.2 Å². The van der Waals surface area contributed by atoms with E-state index in [0.717, 1.165) is 69.4 Å². The third-order valence-electron chi connectivity index (χ3n) is 13.6. The smallest absolute Gasteiger partial charge is 0.329 e. The number of fused-ring (bicyclic) bond motifs is 2. The first-order valence-electron chi connectivity index (χ1n) is 22.4. The summed E-state index contributed by atoms with van der Waals surface area (Å²) >= 11 is 0. The van der Waals surface area contributed by atoms with Crippen molar-refractivity contribution in [1.82, 2.24) is 43.7 Å². The summed E-state index contributed by atoms with van der Waals surface area (Å²) in [4.78, 5) is 63.4. The van der Waals surface area contributed by atoms with Crippen molar-refractivity contribution < 1.29 is 27.9 Å². The van der Waals surface area contributed by atoms with Gasteiger partial charge in [0.25, 0.3) is 12.3 Å². The highest BCUT2D eigenvalue weighted by Crippen LogP contribution is 2.37. The minimum absolute atomic E-state index is 0.0225. The maximum Gasteiger partial charge on any atom is 0.329 e. The molecular formula is C45H58F2N12O5. The summed E-state index contributed by atoms with van der Waals surface area (Å²) in [6, 6.07) is 7.24. The molecular weight excluding hydrogens is 827 g/mol. The average Bonchev–Trinajstić information content (AvgIpc) is 3.94. The number of imidazole rings is 1. The summed E-state index contributed by atoms with van der Waals surface area (Å²) in [6.07, 6.45) is 7.58. The molecule has 1 atom stereocenters. The molecule has 1 aliphatic carbocycles. The number of carbonyl (C=O) groups excluding carboxylic acids is 3. The zero-order chi connectivity index (χ0) is 45.2. The van der Waals surface area contributed by atoms with Crippen molar-refractivity contribution in [2.45, 2.75) is 115 Å². The number of halogens is 2. The highest BCUT2D eigenvalue weighted by molar-refractivity contribution is 6.08. The Morgan fingerprint density at radius 3 is 2.39 bits per heavy atom. The second-order valence-electron chi connectivity index (χ2n) is 19.4. The number of ether oxygens (including phenoxy) is 1. The van der Waals surface area contributed by atoms with E-state index in [1.54, 1.807) is 22.5 Å². The van der Waals surface area contributed by atoms with E-state index in [-0.39, 0.29) is 41.7 Å². The number of imide groups is 1. The van der Waals surface area contributed by atoms with Gasteiger partial charge in [-0.25, -0.2) is 23.1 Å². The van der Waals surface area contributed by atoms with Gasteiger partial charge in [0.05, 0.1) is 45.8 Å². The van der Waals surface area contributed by atoms with Gasteiger partial charge >= 0.3 is 5.69 Å². The lowest BCUT2D eigenvalue weighted by atomic mass is 9.85. The van der Waals surface area contributed by atoms with E-state index in [4.69, 9.17) is 9.72 Å². The Hall–Kier alpha value is -5.69. The van der Waals surface area contributed by atoms with Crippen molar-refractivity contribution in [3.8, 4) is 0 Å². The average molecular weight is 885 g/mol. The molecule has 342 valence electrons. The van der Waals surface area contributed by atoms with Crippen LogP contribution in [0.25, 0.3) is 16.7 Å². The number of morpholine rings is 1. The van der Waals surface area contributed by atoms with Gasteiger partial charge in [-0.1, -0.05) is 6.07 Å². The molecule has 4 fully saturated rings. The molecule has 1 aromatic carbocycles. The number of benzene rings is 1. The molecule has 3 saturated heterocycles. The number of nitrogens with one attached hydrogen (secondary N) is 2. The number of hydrogen-bond acceptors (Lipinski definition) is 11. The van der Waals surface area contributed by atoms with Crippen LogP contribution in [0.4, 0.5) is 26.0 Å². The van der Waals surface area contributed by atoms with Crippen molar-refractivity contribution in [1.29, 1.82) is 0 Å². The van der Waals surface area contributed by atoms with Gasteiger partial charge in [0.2, 0.25) is 11.8 Å². The number of rotatable bonds is 10. The predicted octanol–water partition coefficient (Wildman–Crippen LogP) is 5.47. The molecule has 3 amide bonds. The molecule has 9 rings (SSSR count). The van der Waals surface area contributed by atoms with Crippen LogP contribution in [-0.2, 0) is 21.4 Å². The highest BCUT2D eigenvalue weighted by Gasteiger charge is 2.39. The Bertz CT molecular complexity index is 2630. The van der Waals surface area contributed by atoms with Crippen molar-refractivity contribution in [3.05, 3.63) is 64.6 Å². The molecule has 0 radical (unpaired) electrons. The number of carbonyl (C=O) groups is 3. The second kappa shape index (κ2) is 16.7. The molecule has 3 aliphatic heterocycles. The molecule has 4 aromatic heterocycles. The number of piperidine rings is 2. The van der Waals surface area contributed by atoms with Crippen LogP contribution in [0.3, 0.4) is 0 Å². The molecule has 19 heteroatoms. The number of alkyl halides is 2. The molecule has 0 bridgehead atoms. The van der Waals surface area contributed by atoms with Crippen LogP contribution in [0.5, 0.6) is 0 Å². The molecule has 5 aromatic rings. The highest BCUT2D eigenvalue weighted by atomic mass is 19.3. The number of nitrogens with zero attached hydrogens (tertiary/aromatic N) is 10. The van der Waals surface area contributed by atoms with Crippen LogP contribution in [0.15, 0.2) is 47.7 Å². The lowest BCUT2D eigenvalue weighted by Gasteiger charge is -2.47. The van der Waals surface area contributed by atoms with Crippen LogP contribution in [-0.4, -0.2) is 113 Å². The first-order valence-corrected chi connectivity index (χ1v) is 22.4. The minimum Gasteiger partial charge on any atom is -0.370 e. The van der Waals surface area contributed by atoms with Gasteiger partial charge < -0.3 is 24.8 Å². The van der Waals surface area contributed by atoms with Crippen molar-refractivity contribution >= 4 is 51.6 Å². The number of anilines is 3. The minimum atomic E-state index is -2.88. The lowest BCUT2D eigenvalue weighted by Crippen LogP contribution is -2.57. The zero-order valence-corrected chi connectivity index (χ0v) is 37.4. The number of amides is 3. The van der Waals surface area contributed by atoms with Gasteiger partial charge in [-0.3, -0.25) is 33.5 Å². The van der Waals surface area contributed by atoms with E-state index in [2.05, 4.69) is 42.6 Å². The van der Waals surface area contributed by atoms with Gasteiger partial charge in [0.1, 0.15) is 17.4 Å². The SMILES string of the molecule is CN(C[C@H]1CC[C@H](n2cc(NC(=O)c3cnn4ccc(N5CC(C)(C)OC(C)(C)C5)nc34)c(C(F)F)n2)CC1)C1CCN(c2cccc3c2n(C)c(=O)n3C2CCC(=O)NC2=O)CC1. The number of para-hydroxylation sites is 1. The fraction of sp³-hybridized carbons (Fsp3) is 0.578. The molecule has 2 N–H and O–H groups in total. The summed E-state index contributed by atoms with van der Waals surface area (Å²) in [5, 5.41) is 13.7. The van der Waals surface area contributed by atoms with Crippen LogP contribution >= 0.6 is 0 Å². The summed E-state index contributed by atoms with van der Waals surface area (Å²) in [5.41, 5.74) is 1.31.